The van der Waals surface area contributed by atoms with Crippen molar-refractivity contribution in [2.75, 3.05) is 24.6 Å². The van der Waals surface area contributed by atoms with Gasteiger partial charge in [0, 0.05) is 31.1 Å². The van der Waals surface area contributed by atoms with Crippen molar-refractivity contribution in [3.8, 4) is 0 Å². The van der Waals surface area contributed by atoms with Gasteiger partial charge in [0.2, 0.25) is 0 Å². The molecule has 104 valence electrons. The Labute approximate surface area is 119 Å². The average molecular weight is 279 g/mol. The quantitative estimate of drug-likeness (QED) is 0.819. The second-order valence-electron chi connectivity index (χ2n) is 5.22. The Morgan fingerprint density at radius 1 is 1.58 bits per heavy atom. The number of aliphatic hydroxyl groups excluding tert-OH is 1. The lowest BCUT2D eigenvalue weighted by molar-refractivity contribution is 0.263. The largest absolute Gasteiger partial charge is 0.396 e. The third kappa shape index (κ3) is 3.04. The third-order valence-corrected chi connectivity index (χ3v) is 3.92. The zero-order chi connectivity index (χ0) is 14.0. The summed E-state index contributed by atoms with van der Waals surface area (Å²) in [4.78, 5) is 7.17. The summed E-state index contributed by atoms with van der Waals surface area (Å²) in [6.07, 6.45) is 1.97. The maximum Gasteiger partial charge on any atom is 0.107 e. The van der Waals surface area contributed by atoms with Gasteiger partial charge in [0.15, 0.2) is 0 Å². The topological polar surface area (TPSA) is 62.4 Å². The van der Waals surface area contributed by atoms with Crippen LogP contribution in [0.25, 0.3) is 0 Å². The monoisotopic (exact) mass is 279 g/mol. The highest BCUT2D eigenvalue weighted by Gasteiger charge is 2.25. The van der Waals surface area contributed by atoms with Crippen molar-refractivity contribution in [3.05, 3.63) is 23.0 Å². The summed E-state index contributed by atoms with van der Waals surface area (Å²) in [5.74, 6) is 0.554. The minimum atomic E-state index is 0.259. The minimum Gasteiger partial charge on any atom is -0.396 e. The second-order valence-corrected chi connectivity index (χ2v) is 5.66. The van der Waals surface area contributed by atoms with E-state index in [2.05, 4.69) is 16.0 Å². The normalized spacial score (nSPS) is 18.9. The Bertz CT molecular complexity index is 490. The molecule has 1 saturated heterocycles. The van der Waals surface area contributed by atoms with Crippen LogP contribution >= 0.6 is 12.2 Å². The standard InChI is InChI=1S/C14H21N3OS/c1-9-7-12(13(14(15)19)10(2)16-9)17-5-3-11(8-17)4-6-18/h7,11,18H,3-6,8H2,1-2H3,(H2,15,19). The lowest BCUT2D eigenvalue weighted by Gasteiger charge is -2.23. The van der Waals surface area contributed by atoms with Crippen LogP contribution in [0.3, 0.4) is 0 Å². The summed E-state index contributed by atoms with van der Waals surface area (Å²) in [5, 5.41) is 9.05. The summed E-state index contributed by atoms with van der Waals surface area (Å²) < 4.78 is 0. The predicted molar refractivity (Wildman–Crippen MR) is 81.6 cm³/mol. The highest BCUT2D eigenvalue weighted by molar-refractivity contribution is 7.80. The molecule has 1 aromatic rings. The van der Waals surface area contributed by atoms with E-state index >= 15 is 0 Å². The van der Waals surface area contributed by atoms with E-state index in [0.29, 0.717) is 10.9 Å². The fourth-order valence-corrected chi connectivity index (χ4v) is 3.08. The fraction of sp³-hybridized carbons (Fsp3) is 0.571. The van der Waals surface area contributed by atoms with E-state index in [1.54, 1.807) is 0 Å². The molecule has 1 aromatic heterocycles. The Morgan fingerprint density at radius 2 is 2.32 bits per heavy atom. The summed E-state index contributed by atoms with van der Waals surface area (Å²) in [6, 6.07) is 2.06. The van der Waals surface area contributed by atoms with Crippen LogP contribution in [0.4, 0.5) is 5.69 Å². The molecule has 5 heteroatoms. The van der Waals surface area contributed by atoms with Gasteiger partial charge in [-0.2, -0.15) is 0 Å². The number of anilines is 1. The van der Waals surface area contributed by atoms with E-state index in [1.807, 2.05) is 13.8 Å². The molecule has 1 unspecified atom stereocenters. The molecule has 0 radical (unpaired) electrons. The van der Waals surface area contributed by atoms with Crippen LogP contribution < -0.4 is 10.6 Å². The Morgan fingerprint density at radius 3 is 2.95 bits per heavy atom. The lowest BCUT2D eigenvalue weighted by atomic mass is 10.1. The first-order chi connectivity index (χ1) is 9.02. The maximum atomic E-state index is 9.05. The summed E-state index contributed by atoms with van der Waals surface area (Å²) >= 11 is 5.17. The maximum absolute atomic E-state index is 9.05. The number of hydrogen-bond donors (Lipinski definition) is 2. The van der Waals surface area contributed by atoms with Crippen LogP contribution in [0.1, 0.15) is 29.8 Å². The molecular weight excluding hydrogens is 258 g/mol. The molecule has 3 N–H and O–H groups in total. The van der Waals surface area contributed by atoms with Gasteiger partial charge >= 0.3 is 0 Å². The van der Waals surface area contributed by atoms with Crippen LogP contribution in [-0.4, -0.2) is 34.8 Å². The molecule has 0 bridgehead atoms. The molecule has 1 atom stereocenters. The first-order valence-corrected chi connectivity index (χ1v) is 7.07. The van der Waals surface area contributed by atoms with Crippen molar-refractivity contribution in [2.45, 2.75) is 26.7 Å². The zero-order valence-corrected chi connectivity index (χ0v) is 12.3. The minimum absolute atomic E-state index is 0.259. The molecule has 0 aromatic carbocycles. The Balaban J connectivity index is 2.32. The second kappa shape index (κ2) is 5.84. The highest BCUT2D eigenvalue weighted by Crippen LogP contribution is 2.30. The molecule has 1 fully saturated rings. The smallest absolute Gasteiger partial charge is 0.107 e. The van der Waals surface area contributed by atoms with Gasteiger partial charge in [-0.15, -0.1) is 0 Å². The van der Waals surface area contributed by atoms with E-state index in [9.17, 15) is 0 Å². The van der Waals surface area contributed by atoms with E-state index in [1.165, 1.54) is 0 Å². The van der Waals surface area contributed by atoms with E-state index < -0.39 is 0 Å². The number of nitrogens with two attached hydrogens (primary N) is 1. The summed E-state index contributed by atoms with van der Waals surface area (Å²) in [7, 11) is 0. The van der Waals surface area contributed by atoms with Crippen molar-refractivity contribution in [3.63, 3.8) is 0 Å². The molecule has 0 amide bonds. The third-order valence-electron chi connectivity index (χ3n) is 3.72. The molecule has 0 aliphatic carbocycles. The Hall–Kier alpha value is -1.20. The lowest BCUT2D eigenvalue weighted by Crippen LogP contribution is -2.25. The van der Waals surface area contributed by atoms with Crippen molar-refractivity contribution in [2.24, 2.45) is 11.7 Å². The van der Waals surface area contributed by atoms with Gasteiger partial charge in [0.25, 0.3) is 0 Å². The molecule has 2 rings (SSSR count). The van der Waals surface area contributed by atoms with Gasteiger partial charge in [0.1, 0.15) is 4.99 Å². The average Bonchev–Trinajstić information content (AvgIpc) is 2.76. The number of rotatable bonds is 4. The van der Waals surface area contributed by atoms with Crippen molar-refractivity contribution in [1.82, 2.24) is 4.98 Å². The molecule has 1 aliphatic rings. The SMILES string of the molecule is Cc1cc(N2CCC(CCO)C2)c(C(N)=S)c(C)n1. The van der Waals surface area contributed by atoms with Gasteiger partial charge in [-0.05, 0) is 38.7 Å². The molecule has 0 saturated carbocycles. The van der Waals surface area contributed by atoms with Gasteiger partial charge in [-0.25, -0.2) is 0 Å². The van der Waals surface area contributed by atoms with Crippen LogP contribution in [0.2, 0.25) is 0 Å². The predicted octanol–water partition coefficient (Wildman–Crippen LogP) is 1.54. The Kier molecular flexibility index (Phi) is 4.37. The number of aromatic nitrogens is 1. The molecule has 4 nitrogen and oxygen atoms in total. The molecule has 19 heavy (non-hydrogen) atoms. The van der Waals surface area contributed by atoms with Crippen molar-refractivity contribution >= 4 is 22.9 Å². The van der Waals surface area contributed by atoms with Crippen LogP contribution in [0.15, 0.2) is 6.07 Å². The molecule has 0 spiro atoms. The molecule has 2 heterocycles. The number of thiocarbonyl (C=S) groups is 1. The number of pyridine rings is 1. The summed E-state index contributed by atoms with van der Waals surface area (Å²) in [5.41, 5.74) is 9.72. The van der Waals surface area contributed by atoms with Crippen LogP contribution in [-0.2, 0) is 0 Å². The highest BCUT2D eigenvalue weighted by atomic mass is 32.1. The van der Waals surface area contributed by atoms with Crippen molar-refractivity contribution in [1.29, 1.82) is 0 Å². The van der Waals surface area contributed by atoms with Gasteiger partial charge in [-0.1, -0.05) is 12.2 Å². The van der Waals surface area contributed by atoms with E-state index in [0.717, 1.165) is 48.6 Å². The van der Waals surface area contributed by atoms with Gasteiger partial charge < -0.3 is 15.7 Å². The zero-order valence-electron chi connectivity index (χ0n) is 11.5. The van der Waals surface area contributed by atoms with E-state index in [4.69, 9.17) is 23.1 Å². The molecular formula is C14H21N3OS. The van der Waals surface area contributed by atoms with Crippen molar-refractivity contribution < 1.29 is 5.11 Å². The van der Waals surface area contributed by atoms with Gasteiger partial charge in [-0.3, -0.25) is 4.98 Å². The first kappa shape index (κ1) is 14.2. The molecule has 1 aliphatic heterocycles. The van der Waals surface area contributed by atoms with Crippen LogP contribution in [0.5, 0.6) is 0 Å². The number of hydrogen-bond acceptors (Lipinski definition) is 4. The van der Waals surface area contributed by atoms with E-state index in [-0.39, 0.29) is 6.61 Å². The first-order valence-electron chi connectivity index (χ1n) is 6.66. The number of aliphatic hydroxyl groups is 1. The van der Waals surface area contributed by atoms with Crippen LogP contribution in [0, 0.1) is 19.8 Å². The summed E-state index contributed by atoms with van der Waals surface area (Å²) in [6.45, 7) is 6.14. The fourth-order valence-electron chi connectivity index (χ4n) is 2.83. The van der Waals surface area contributed by atoms with Gasteiger partial charge in [0.05, 0.1) is 11.3 Å². The number of nitrogens with zero attached hydrogens (tertiary/aromatic N) is 2. The number of aryl methyl sites for hydroxylation is 2.